The van der Waals surface area contributed by atoms with Gasteiger partial charge in [0.15, 0.2) is 11.5 Å². The molecule has 1 aromatic carbocycles. The third kappa shape index (κ3) is 3.48. The number of carboxylic acids is 1. The Morgan fingerprint density at radius 2 is 1.83 bits per heavy atom. The molecule has 0 aliphatic heterocycles. The lowest BCUT2D eigenvalue weighted by atomic mass is 10.0. The summed E-state index contributed by atoms with van der Waals surface area (Å²) in [7, 11) is 2.95. The average Bonchev–Trinajstić information content (AvgIpc) is 2.55. The van der Waals surface area contributed by atoms with E-state index in [4.69, 9.17) is 19.0 Å². The van der Waals surface area contributed by atoms with E-state index < -0.39 is 24.0 Å². The molecule has 0 saturated carbocycles. The molecule has 2 aromatic rings. The molecule has 8 nitrogen and oxygen atoms in total. The van der Waals surface area contributed by atoms with Gasteiger partial charge in [0.05, 0.1) is 26.2 Å². The highest BCUT2D eigenvalue weighted by Gasteiger charge is 2.17. The van der Waals surface area contributed by atoms with E-state index in [1.807, 2.05) is 0 Å². The Kier molecular flexibility index (Phi) is 5.08. The van der Waals surface area contributed by atoms with E-state index in [0.29, 0.717) is 28.0 Å². The first kappa shape index (κ1) is 17.3. The fourth-order valence-electron chi connectivity index (χ4n) is 2.32. The summed E-state index contributed by atoms with van der Waals surface area (Å²) in [5, 5.41) is 11.4. The number of carbonyl (C=O) groups is 2. The van der Waals surface area contributed by atoms with Crippen molar-refractivity contribution < 1.29 is 28.6 Å². The van der Waals surface area contributed by atoms with Gasteiger partial charge in [-0.25, -0.2) is 4.79 Å². The standard InChI is InChI=1S/C16H17NO7/c1-8-9-4-12(22-2)13(23-3)6-11(9)24-16(21)10(8)5-14(18)17-7-15(19)20/h4,6H,5,7H2,1-3H3,(H,17,18)(H,19,20). The third-order valence-electron chi connectivity index (χ3n) is 3.57. The molecule has 2 rings (SSSR count). The van der Waals surface area contributed by atoms with Crippen LogP contribution in [0.4, 0.5) is 0 Å². The van der Waals surface area contributed by atoms with E-state index in [1.54, 1.807) is 13.0 Å². The number of aryl methyl sites for hydroxylation is 1. The quantitative estimate of drug-likeness (QED) is 0.752. The molecule has 0 fully saturated rings. The van der Waals surface area contributed by atoms with E-state index >= 15 is 0 Å². The van der Waals surface area contributed by atoms with Gasteiger partial charge in [0.25, 0.3) is 0 Å². The second-order valence-electron chi connectivity index (χ2n) is 5.04. The second kappa shape index (κ2) is 7.03. The minimum Gasteiger partial charge on any atom is -0.493 e. The second-order valence-corrected chi connectivity index (χ2v) is 5.04. The molecule has 8 heteroatoms. The number of methoxy groups -OCH3 is 2. The van der Waals surface area contributed by atoms with E-state index in [1.165, 1.54) is 20.3 Å². The highest BCUT2D eigenvalue weighted by atomic mass is 16.5. The van der Waals surface area contributed by atoms with Crippen LogP contribution in [0.1, 0.15) is 11.1 Å². The van der Waals surface area contributed by atoms with Crippen LogP contribution >= 0.6 is 0 Å². The Labute approximate surface area is 137 Å². The maximum Gasteiger partial charge on any atom is 0.340 e. The zero-order valence-corrected chi connectivity index (χ0v) is 13.5. The summed E-state index contributed by atoms with van der Waals surface area (Å²) in [6, 6.07) is 3.20. The van der Waals surface area contributed by atoms with Crippen molar-refractivity contribution in [2.45, 2.75) is 13.3 Å². The molecule has 128 valence electrons. The number of carboxylic acid groups (broad SMARTS) is 1. The maximum atomic E-state index is 12.1. The van der Waals surface area contributed by atoms with Gasteiger partial charge >= 0.3 is 11.6 Å². The van der Waals surface area contributed by atoms with Gasteiger partial charge in [-0.3, -0.25) is 9.59 Å². The van der Waals surface area contributed by atoms with E-state index in [2.05, 4.69) is 5.32 Å². The number of aliphatic carboxylic acids is 1. The van der Waals surface area contributed by atoms with E-state index in [-0.39, 0.29) is 12.0 Å². The fourth-order valence-corrected chi connectivity index (χ4v) is 2.32. The number of ether oxygens (including phenoxy) is 2. The van der Waals surface area contributed by atoms with Gasteiger partial charge in [-0.05, 0) is 18.6 Å². The van der Waals surface area contributed by atoms with Crippen molar-refractivity contribution in [1.82, 2.24) is 5.32 Å². The molecule has 0 aliphatic rings. The minimum absolute atomic E-state index is 0.164. The Morgan fingerprint density at radius 3 is 2.42 bits per heavy atom. The number of hydrogen-bond acceptors (Lipinski definition) is 6. The van der Waals surface area contributed by atoms with Gasteiger partial charge in [0.2, 0.25) is 5.91 Å². The molecule has 0 saturated heterocycles. The monoisotopic (exact) mass is 335 g/mol. The molecular formula is C16H17NO7. The summed E-state index contributed by atoms with van der Waals surface area (Å²) in [5.41, 5.74) is 0.382. The molecule has 1 heterocycles. The third-order valence-corrected chi connectivity index (χ3v) is 3.57. The van der Waals surface area contributed by atoms with Crippen molar-refractivity contribution in [3.05, 3.63) is 33.7 Å². The molecule has 1 aromatic heterocycles. The number of nitrogens with one attached hydrogen (secondary N) is 1. The van der Waals surface area contributed by atoms with Gasteiger partial charge in [-0.15, -0.1) is 0 Å². The number of rotatable bonds is 6. The van der Waals surface area contributed by atoms with Gasteiger partial charge in [0.1, 0.15) is 12.1 Å². The predicted octanol–water partition coefficient (Wildman–Crippen LogP) is 0.862. The van der Waals surface area contributed by atoms with Crippen molar-refractivity contribution in [3.8, 4) is 11.5 Å². The van der Waals surface area contributed by atoms with Crippen LogP contribution in [0.15, 0.2) is 21.3 Å². The van der Waals surface area contributed by atoms with Crippen LogP contribution in [0, 0.1) is 6.92 Å². The molecule has 0 spiro atoms. The molecule has 24 heavy (non-hydrogen) atoms. The first-order valence-corrected chi connectivity index (χ1v) is 7.04. The van der Waals surface area contributed by atoms with Crippen molar-refractivity contribution in [2.24, 2.45) is 0 Å². The van der Waals surface area contributed by atoms with Crippen molar-refractivity contribution >= 4 is 22.8 Å². The molecule has 0 atom stereocenters. The summed E-state index contributed by atoms with van der Waals surface area (Å²) >= 11 is 0. The first-order valence-electron chi connectivity index (χ1n) is 7.04. The van der Waals surface area contributed by atoms with Gasteiger partial charge < -0.3 is 24.3 Å². The Hall–Kier alpha value is -3.03. The highest BCUT2D eigenvalue weighted by Crippen LogP contribution is 2.33. The summed E-state index contributed by atoms with van der Waals surface area (Å²) in [6.07, 6.45) is -0.272. The van der Waals surface area contributed by atoms with Crippen LogP contribution in [-0.4, -0.2) is 37.7 Å². The summed E-state index contributed by atoms with van der Waals surface area (Å²) in [5.74, 6) is -0.863. The normalized spacial score (nSPS) is 10.5. The maximum absolute atomic E-state index is 12.1. The van der Waals surface area contributed by atoms with Crippen LogP contribution in [0.5, 0.6) is 11.5 Å². The first-order chi connectivity index (χ1) is 11.4. The molecule has 0 unspecified atom stereocenters. The van der Waals surface area contributed by atoms with E-state index in [0.717, 1.165) is 0 Å². The Morgan fingerprint density at radius 1 is 1.21 bits per heavy atom. The molecule has 0 aliphatic carbocycles. The smallest absolute Gasteiger partial charge is 0.340 e. The van der Waals surface area contributed by atoms with Crippen LogP contribution in [0.2, 0.25) is 0 Å². The largest absolute Gasteiger partial charge is 0.493 e. The fraction of sp³-hybridized carbons (Fsp3) is 0.312. The number of carbonyl (C=O) groups excluding carboxylic acids is 1. The van der Waals surface area contributed by atoms with Crippen LogP contribution in [0.25, 0.3) is 11.0 Å². The highest BCUT2D eigenvalue weighted by molar-refractivity contribution is 5.87. The Balaban J connectivity index is 2.46. The molecule has 2 N–H and O–H groups in total. The topological polar surface area (TPSA) is 115 Å². The summed E-state index contributed by atoms with van der Waals surface area (Å²) in [6.45, 7) is 1.17. The van der Waals surface area contributed by atoms with Gasteiger partial charge in [0, 0.05) is 11.5 Å². The molecular weight excluding hydrogens is 318 g/mol. The van der Waals surface area contributed by atoms with E-state index in [9.17, 15) is 14.4 Å². The predicted molar refractivity (Wildman–Crippen MR) is 84.7 cm³/mol. The molecule has 0 radical (unpaired) electrons. The van der Waals surface area contributed by atoms with Crippen LogP contribution in [0.3, 0.4) is 0 Å². The number of hydrogen-bond donors (Lipinski definition) is 2. The zero-order valence-electron chi connectivity index (χ0n) is 13.5. The van der Waals surface area contributed by atoms with Gasteiger partial charge in [-0.1, -0.05) is 0 Å². The SMILES string of the molecule is COc1cc2oc(=O)c(CC(=O)NCC(=O)O)c(C)c2cc1OC. The van der Waals surface area contributed by atoms with Crippen LogP contribution in [-0.2, 0) is 16.0 Å². The lowest BCUT2D eigenvalue weighted by Crippen LogP contribution is -2.32. The Bertz CT molecular complexity index is 854. The number of fused-ring (bicyclic) bond motifs is 1. The number of benzene rings is 1. The summed E-state index contributed by atoms with van der Waals surface area (Å²) in [4.78, 5) is 34.4. The lowest BCUT2D eigenvalue weighted by Gasteiger charge is -2.12. The van der Waals surface area contributed by atoms with Crippen LogP contribution < -0.4 is 20.4 Å². The average molecular weight is 335 g/mol. The summed E-state index contributed by atoms with van der Waals surface area (Å²) < 4.78 is 15.6. The van der Waals surface area contributed by atoms with Gasteiger partial charge in [-0.2, -0.15) is 0 Å². The molecule has 0 bridgehead atoms. The lowest BCUT2D eigenvalue weighted by molar-refractivity contribution is -0.137. The number of amides is 1. The van der Waals surface area contributed by atoms with Crippen molar-refractivity contribution in [2.75, 3.05) is 20.8 Å². The van der Waals surface area contributed by atoms with Crippen molar-refractivity contribution in [1.29, 1.82) is 0 Å². The van der Waals surface area contributed by atoms with Crippen molar-refractivity contribution in [3.63, 3.8) is 0 Å². The molecule has 1 amide bonds. The minimum atomic E-state index is -1.16. The zero-order chi connectivity index (χ0) is 17.9.